The highest BCUT2D eigenvalue weighted by Gasteiger charge is 2.27. The number of carbonyl (C=O) groups is 2. The van der Waals surface area contributed by atoms with Crippen molar-refractivity contribution < 1.29 is 26.8 Å². The Balaban J connectivity index is 2.18. The summed E-state index contributed by atoms with van der Waals surface area (Å²) in [5.41, 5.74) is 0.797. The van der Waals surface area contributed by atoms with E-state index in [4.69, 9.17) is 0 Å². The first-order valence-electron chi connectivity index (χ1n) is 11.6. The van der Waals surface area contributed by atoms with Crippen LogP contribution in [0, 0.1) is 11.6 Å². The van der Waals surface area contributed by atoms with E-state index in [1.165, 1.54) is 11.0 Å². The molecule has 2 atom stereocenters. The SMILES string of the molecule is CC[C@@H](C)NC(=O)[C@@H](C)N(Cc1ccc(Br)cc1)C(=O)CCCN(c1ccc(F)c(F)c1)S(C)(=O)=O. The van der Waals surface area contributed by atoms with Gasteiger partial charge < -0.3 is 10.2 Å². The summed E-state index contributed by atoms with van der Waals surface area (Å²) < 4.78 is 53.4. The Kier molecular flexibility index (Phi) is 10.8. The number of hydrogen-bond donors (Lipinski definition) is 1. The second-order valence-electron chi connectivity index (χ2n) is 8.68. The van der Waals surface area contributed by atoms with Crippen LogP contribution in [0.25, 0.3) is 0 Å². The number of halogens is 3. The Bertz CT molecular complexity index is 1160. The van der Waals surface area contributed by atoms with E-state index in [1.807, 2.05) is 38.1 Å². The summed E-state index contributed by atoms with van der Waals surface area (Å²) >= 11 is 3.38. The fourth-order valence-electron chi connectivity index (χ4n) is 3.48. The zero-order valence-electron chi connectivity index (χ0n) is 20.8. The second kappa shape index (κ2) is 13.1. The molecular formula is C25H32BrF2N3O4S. The first kappa shape index (κ1) is 29.7. The third-order valence-corrected chi connectivity index (χ3v) is 7.50. The lowest BCUT2D eigenvalue weighted by Gasteiger charge is -2.30. The van der Waals surface area contributed by atoms with Gasteiger partial charge in [-0.25, -0.2) is 17.2 Å². The first-order valence-corrected chi connectivity index (χ1v) is 14.2. The van der Waals surface area contributed by atoms with Crippen molar-refractivity contribution in [3.8, 4) is 0 Å². The van der Waals surface area contributed by atoms with Gasteiger partial charge >= 0.3 is 0 Å². The summed E-state index contributed by atoms with van der Waals surface area (Å²) in [6, 6.07) is 9.39. The number of amides is 2. The van der Waals surface area contributed by atoms with Crippen LogP contribution < -0.4 is 9.62 Å². The van der Waals surface area contributed by atoms with E-state index >= 15 is 0 Å². The number of anilines is 1. The van der Waals surface area contributed by atoms with Crippen LogP contribution >= 0.6 is 15.9 Å². The average molecular weight is 589 g/mol. The van der Waals surface area contributed by atoms with Gasteiger partial charge in [-0.3, -0.25) is 13.9 Å². The van der Waals surface area contributed by atoms with E-state index in [-0.39, 0.29) is 49.5 Å². The van der Waals surface area contributed by atoms with Gasteiger partial charge in [0.1, 0.15) is 6.04 Å². The van der Waals surface area contributed by atoms with Gasteiger partial charge in [0.2, 0.25) is 21.8 Å². The Morgan fingerprint density at radius 2 is 1.69 bits per heavy atom. The number of hydrogen-bond acceptors (Lipinski definition) is 4. The van der Waals surface area contributed by atoms with Gasteiger partial charge in [0.15, 0.2) is 11.6 Å². The zero-order chi connectivity index (χ0) is 27.0. The predicted octanol–water partition coefficient (Wildman–Crippen LogP) is 4.61. The third-order valence-electron chi connectivity index (χ3n) is 5.78. The van der Waals surface area contributed by atoms with Gasteiger partial charge in [-0.2, -0.15) is 0 Å². The standard InChI is InChI=1S/C25H32BrF2N3O4S/c1-5-17(2)29-25(33)18(3)30(16-19-8-10-20(26)11-9-19)24(32)7-6-14-31(36(4,34)35)21-12-13-22(27)23(28)15-21/h8-13,15,17-18H,5-7,14,16H2,1-4H3,(H,29,33)/t17-,18-/m1/s1. The van der Waals surface area contributed by atoms with E-state index in [0.717, 1.165) is 39.2 Å². The number of rotatable bonds is 12. The van der Waals surface area contributed by atoms with Crippen molar-refractivity contribution in [2.75, 3.05) is 17.1 Å². The van der Waals surface area contributed by atoms with Crippen molar-refractivity contribution in [3.05, 3.63) is 64.1 Å². The number of nitrogens with one attached hydrogen (secondary N) is 1. The van der Waals surface area contributed by atoms with Crippen LogP contribution in [0.15, 0.2) is 46.9 Å². The van der Waals surface area contributed by atoms with Crippen LogP contribution in [0.4, 0.5) is 14.5 Å². The van der Waals surface area contributed by atoms with E-state index in [2.05, 4.69) is 21.2 Å². The van der Waals surface area contributed by atoms with Crippen molar-refractivity contribution in [1.29, 1.82) is 0 Å². The minimum Gasteiger partial charge on any atom is -0.352 e. The molecule has 0 aliphatic carbocycles. The molecule has 0 saturated carbocycles. The smallest absolute Gasteiger partial charge is 0.242 e. The van der Waals surface area contributed by atoms with Crippen LogP contribution in [0.5, 0.6) is 0 Å². The van der Waals surface area contributed by atoms with E-state index in [0.29, 0.717) is 0 Å². The molecule has 7 nitrogen and oxygen atoms in total. The molecular weight excluding hydrogens is 556 g/mol. The highest BCUT2D eigenvalue weighted by molar-refractivity contribution is 9.10. The van der Waals surface area contributed by atoms with Gasteiger partial charge in [-0.1, -0.05) is 35.0 Å². The van der Waals surface area contributed by atoms with Crippen molar-refractivity contribution in [2.24, 2.45) is 0 Å². The molecule has 2 rings (SSSR count). The van der Waals surface area contributed by atoms with Crippen molar-refractivity contribution in [3.63, 3.8) is 0 Å². The molecule has 0 radical (unpaired) electrons. The highest BCUT2D eigenvalue weighted by Crippen LogP contribution is 2.22. The molecule has 0 fully saturated rings. The molecule has 36 heavy (non-hydrogen) atoms. The molecule has 2 amide bonds. The fraction of sp³-hybridized carbons (Fsp3) is 0.440. The molecule has 2 aromatic carbocycles. The Morgan fingerprint density at radius 3 is 2.25 bits per heavy atom. The Labute approximate surface area is 220 Å². The maximum Gasteiger partial charge on any atom is 0.242 e. The molecule has 0 unspecified atom stereocenters. The minimum absolute atomic E-state index is 0.0307. The summed E-state index contributed by atoms with van der Waals surface area (Å²) in [6.07, 6.45) is 1.76. The van der Waals surface area contributed by atoms with Crippen LogP contribution in [0.3, 0.4) is 0 Å². The minimum atomic E-state index is -3.81. The number of nitrogens with zero attached hydrogens (tertiary/aromatic N) is 2. The topological polar surface area (TPSA) is 86.8 Å². The monoisotopic (exact) mass is 587 g/mol. The summed E-state index contributed by atoms with van der Waals surface area (Å²) in [6.45, 7) is 5.55. The largest absolute Gasteiger partial charge is 0.352 e. The molecule has 0 bridgehead atoms. The number of sulfonamides is 1. The van der Waals surface area contributed by atoms with Crippen molar-refractivity contribution >= 4 is 43.5 Å². The summed E-state index contributed by atoms with van der Waals surface area (Å²) in [5, 5.41) is 2.89. The molecule has 0 spiro atoms. The predicted molar refractivity (Wildman–Crippen MR) is 140 cm³/mol. The van der Waals surface area contributed by atoms with Crippen LogP contribution in [-0.4, -0.2) is 50.0 Å². The van der Waals surface area contributed by atoms with E-state index in [1.54, 1.807) is 6.92 Å². The van der Waals surface area contributed by atoms with Crippen LogP contribution in [-0.2, 0) is 26.2 Å². The van der Waals surface area contributed by atoms with Crippen LogP contribution in [0.2, 0.25) is 0 Å². The molecule has 0 saturated heterocycles. The summed E-state index contributed by atoms with van der Waals surface area (Å²) in [4.78, 5) is 27.5. The second-order valence-corrected chi connectivity index (χ2v) is 11.5. The molecule has 0 aliphatic heterocycles. The molecule has 198 valence electrons. The number of benzene rings is 2. The normalized spacial score (nSPS) is 13.1. The zero-order valence-corrected chi connectivity index (χ0v) is 23.2. The number of carbonyl (C=O) groups excluding carboxylic acids is 2. The average Bonchev–Trinajstić information content (AvgIpc) is 2.81. The van der Waals surface area contributed by atoms with Gasteiger partial charge in [-0.15, -0.1) is 0 Å². The molecule has 0 aromatic heterocycles. The van der Waals surface area contributed by atoms with Gasteiger partial charge in [0.05, 0.1) is 11.9 Å². The quantitative estimate of drug-likeness (QED) is 0.393. The fourth-order valence-corrected chi connectivity index (χ4v) is 4.70. The Hall–Kier alpha value is -2.53. The van der Waals surface area contributed by atoms with Crippen LogP contribution in [0.1, 0.15) is 45.6 Å². The lowest BCUT2D eigenvalue weighted by Crippen LogP contribution is -2.49. The van der Waals surface area contributed by atoms with Gasteiger partial charge in [-0.05, 0) is 56.5 Å². The van der Waals surface area contributed by atoms with E-state index < -0.39 is 27.7 Å². The molecule has 11 heteroatoms. The summed E-state index contributed by atoms with van der Waals surface area (Å²) in [5.74, 6) is -2.87. The third kappa shape index (κ3) is 8.55. The highest BCUT2D eigenvalue weighted by atomic mass is 79.9. The van der Waals surface area contributed by atoms with E-state index in [9.17, 15) is 26.8 Å². The van der Waals surface area contributed by atoms with Crippen molar-refractivity contribution in [2.45, 2.75) is 58.7 Å². The molecule has 2 aromatic rings. The Morgan fingerprint density at radius 1 is 1.06 bits per heavy atom. The maximum absolute atomic E-state index is 13.7. The molecule has 0 heterocycles. The van der Waals surface area contributed by atoms with Crippen molar-refractivity contribution in [1.82, 2.24) is 10.2 Å². The maximum atomic E-state index is 13.7. The van der Waals surface area contributed by atoms with Gasteiger partial charge in [0, 0.05) is 36.1 Å². The molecule has 1 N–H and O–H groups in total. The lowest BCUT2D eigenvalue weighted by molar-refractivity contribution is -0.140. The lowest BCUT2D eigenvalue weighted by atomic mass is 10.1. The van der Waals surface area contributed by atoms with Gasteiger partial charge in [0.25, 0.3) is 0 Å². The summed E-state index contributed by atoms with van der Waals surface area (Å²) in [7, 11) is -3.81. The first-order chi connectivity index (χ1) is 16.8. The molecule has 0 aliphatic rings.